The zero-order chi connectivity index (χ0) is 9.78. The van der Waals surface area contributed by atoms with Gasteiger partial charge in [0.2, 0.25) is 0 Å². The van der Waals surface area contributed by atoms with Gasteiger partial charge in [-0.2, -0.15) is 13.2 Å². The minimum absolute atomic E-state index is 0. The fraction of sp³-hybridized carbons (Fsp3) is 0.571. The highest BCUT2D eigenvalue weighted by molar-refractivity contribution is 5.85. The molecule has 0 atom stereocenters. The van der Waals surface area contributed by atoms with Gasteiger partial charge in [0.1, 0.15) is 0 Å². The first kappa shape index (κ1) is 14.8. The molecule has 0 heterocycles. The summed E-state index contributed by atoms with van der Waals surface area (Å²) in [5, 5.41) is 0. The number of nitrogens with zero attached hydrogens (tertiary/aromatic N) is 2. The maximum absolute atomic E-state index is 12.1. The van der Waals surface area contributed by atoms with E-state index in [0.717, 1.165) is 12.4 Å². The van der Waals surface area contributed by atoms with Gasteiger partial charge in [0.15, 0.2) is 0 Å². The molecule has 0 aromatic heterocycles. The first-order valence-corrected chi connectivity index (χ1v) is 3.25. The molecule has 0 bridgehead atoms. The Bertz CT molecular complexity index is 196. The van der Waals surface area contributed by atoms with Crippen LogP contribution in [0.4, 0.5) is 13.2 Å². The minimum atomic E-state index is -4.33. The van der Waals surface area contributed by atoms with E-state index in [1.807, 2.05) is 0 Å². The van der Waals surface area contributed by atoms with Crippen molar-refractivity contribution in [3.05, 3.63) is 11.8 Å². The lowest BCUT2D eigenvalue weighted by molar-refractivity contribution is -0.0864. The summed E-state index contributed by atoms with van der Waals surface area (Å²) < 4.78 is 36.2. The molecule has 0 aliphatic heterocycles. The molecule has 0 aliphatic carbocycles. The lowest BCUT2D eigenvalue weighted by atomic mass is 10.3. The normalized spacial score (nSPS) is 12.9. The molecule has 0 unspecified atom stereocenters. The Labute approximate surface area is 81.5 Å². The number of alkyl halides is 3. The predicted molar refractivity (Wildman–Crippen MR) is 49.5 cm³/mol. The van der Waals surface area contributed by atoms with Gasteiger partial charge in [-0.05, 0) is 0 Å². The molecule has 0 aliphatic rings. The van der Waals surface area contributed by atoms with Crippen LogP contribution in [-0.4, -0.2) is 38.4 Å². The van der Waals surface area contributed by atoms with E-state index in [0.29, 0.717) is 0 Å². The van der Waals surface area contributed by atoms with Crippen LogP contribution in [0.2, 0.25) is 0 Å². The third kappa shape index (κ3) is 6.45. The maximum atomic E-state index is 12.1. The summed E-state index contributed by atoms with van der Waals surface area (Å²) in [7, 11) is 4.35. The Morgan fingerprint density at radius 3 is 2.00 bits per heavy atom. The molecule has 0 saturated carbocycles. The van der Waals surface area contributed by atoms with E-state index in [1.54, 1.807) is 0 Å². The van der Waals surface area contributed by atoms with Crippen molar-refractivity contribution >= 4 is 18.6 Å². The van der Waals surface area contributed by atoms with E-state index < -0.39 is 11.7 Å². The summed E-state index contributed by atoms with van der Waals surface area (Å²) in [4.78, 5) is 4.64. The second-order valence-corrected chi connectivity index (χ2v) is 2.43. The van der Waals surface area contributed by atoms with E-state index in [4.69, 9.17) is 0 Å². The van der Waals surface area contributed by atoms with Crippen molar-refractivity contribution in [1.29, 1.82) is 0 Å². The Hall–Kier alpha value is -0.710. The fourth-order valence-corrected chi connectivity index (χ4v) is 0.597. The molecule has 0 radical (unpaired) electrons. The summed E-state index contributed by atoms with van der Waals surface area (Å²) in [5.74, 6) is 0. The van der Waals surface area contributed by atoms with Gasteiger partial charge >= 0.3 is 6.18 Å². The van der Waals surface area contributed by atoms with Crippen LogP contribution in [-0.2, 0) is 0 Å². The molecule has 78 valence electrons. The number of hydrogen-bond acceptors (Lipinski definition) is 2. The Morgan fingerprint density at radius 1 is 1.31 bits per heavy atom. The van der Waals surface area contributed by atoms with Gasteiger partial charge in [-0.1, -0.05) is 0 Å². The standard InChI is InChI=1S/C7H11F3N2.ClH/c1-11-4-6(5-12(2)3)7(8,9)10;/h4-5H,1-3H3;1H/b6-5-,11-4?;. The van der Waals surface area contributed by atoms with Crippen LogP contribution in [0.15, 0.2) is 16.8 Å². The van der Waals surface area contributed by atoms with Gasteiger partial charge in [-0.3, -0.25) is 4.99 Å². The second-order valence-electron chi connectivity index (χ2n) is 2.43. The first-order valence-electron chi connectivity index (χ1n) is 3.25. The average Bonchev–Trinajstić information content (AvgIpc) is 1.83. The number of halogens is 4. The molecule has 0 rings (SSSR count). The SMILES string of the molecule is CN=C/C(=C/N(C)C)C(F)(F)F.Cl. The van der Waals surface area contributed by atoms with Gasteiger partial charge in [-0.15, -0.1) is 12.4 Å². The van der Waals surface area contributed by atoms with Crippen LogP contribution >= 0.6 is 12.4 Å². The third-order valence-electron chi connectivity index (χ3n) is 0.993. The zero-order valence-electron chi connectivity index (χ0n) is 7.59. The summed E-state index contributed by atoms with van der Waals surface area (Å²) in [6, 6.07) is 0. The zero-order valence-corrected chi connectivity index (χ0v) is 8.41. The fourth-order valence-electron chi connectivity index (χ4n) is 0.597. The third-order valence-corrected chi connectivity index (χ3v) is 0.993. The quantitative estimate of drug-likeness (QED) is 0.646. The van der Waals surface area contributed by atoms with E-state index >= 15 is 0 Å². The molecular formula is C7H12ClF3N2. The summed E-state index contributed by atoms with van der Waals surface area (Å²) in [6.07, 6.45) is -2.56. The molecule has 0 amide bonds. The van der Waals surface area contributed by atoms with Gasteiger partial charge in [-0.25, -0.2) is 0 Å². The molecule has 0 spiro atoms. The molecule has 0 aromatic rings. The van der Waals surface area contributed by atoms with Crippen molar-refractivity contribution in [2.45, 2.75) is 6.18 Å². The smallest absolute Gasteiger partial charge is 0.383 e. The topological polar surface area (TPSA) is 15.6 Å². The number of rotatable bonds is 2. The van der Waals surface area contributed by atoms with Crippen LogP contribution in [0.5, 0.6) is 0 Å². The second kappa shape index (κ2) is 5.85. The summed E-state index contributed by atoms with van der Waals surface area (Å²) in [5.41, 5.74) is -0.755. The average molecular weight is 217 g/mol. The Morgan fingerprint density at radius 2 is 1.77 bits per heavy atom. The number of hydrogen-bond donors (Lipinski definition) is 0. The molecule has 0 aromatic carbocycles. The van der Waals surface area contributed by atoms with Crippen LogP contribution in [0, 0.1) is 0 Å². The highest BCUT2D eigenvalue weighted by Gasteiger charge is 2.32. The van der Waals surface area contributed by atoms with E-state index in [-0.39, 0.29) is 12.4 Å². The van der Waals surface area contributed by atoms with Gasteiger partial charge in [0.25, 0.3) is 0 Å². The highest BCUT2D eigenvalue weighted by Crippen LogP contribution is 2.23. The van der Waals surface area contributed by atoms with E-state index in [2.05, 4.69) is 4.99 Å². The summed E-state index contributed by atoms with van der Waals surface area (Å²) >= 11 is 0. The van der Waals surface area contributed by atoms with Gasteiger partial charge < -0.3 is 4.90 Å². The van der Waals surface area contributed by atoms with E-state index in [9.17, 15) is 13.2 Å². The number of aliphatic imine (C=N–C) groups is 1. The Kier molecular flexibility index (Phi) is 6.66. The lowest BCUT2D eigenvalue weighted by Crippen LogP contribution is -2.16. The summed E-state index contributed by atoms with van der Waals surface area (Å²) in [6.45, 7) is 0. The molecule has 6 heteroatoms. The predicted octanol–water partition coefficient (Wildman–Crippen LogP) is 2.12. The number of allylic oxidation sites excluding steroid dienone is 1. The van der Waals surface area contributed by atoms with Crippen molar-refractivity contribution in [2.24, 2.45) is 4.99 Å². The van der Waals surface area contributed by atoms with Gasteiger partial charge in [0.05, 0.1) is 5.57 Å². The molecule has 0 saturated heterocycles. The van der Waals surface area contributed by atoms with Crippen molar-refractivity contribution in [3.8, 4) is 0 Å². The van der Waals surface area contributed by atoms with Crippen LogP contribution in [0.25, 0.3) is 0 Å². The van der Waals surface area contributed by atoms with Crippen LogP contribution < -0.4 is 0 Å². The monoisotopic (exact) mass is 216 g/mol. The lowest BCUT2D eigenvalue weighted by Gasteiger charge is -2.10. The van der Waals surface area contributed by atoms with Crippen LogP contribution in [0.1, 0.15) is 0 Å². The first-order chi connectivity index (χ1) is 5.38. The molecule has 13 heavy (non-hydrogen) atoms. The maximum Gasteiger partial charge on any atom is 0.419 e. The molecule has 0 N–H and O–H groups in total. The molecule has 2 nitrogen and oxygen atoms in total. The van der Waals surface area contributed by atoms with Crippen molar-refractivity contribution in [3.63, 3.8) is 0 Å². The molecule has 0 fully saturated rings. The van der Waals surface area contributed by atoms with Crippen molar-refractivity contribution < 1.29 is 13.2 Å². The van der Waals surface area contributed by atoms with Crippen molar-refractivity contribution in [1.82, 2.24) is 4.90 Å². The minimum Gasteiger partial charge on any atom is -0.383 e. The Balaban J connectivity index is 0. The molecular weight excluding hydrogens is 205 g/mol. The van der Waals surface area contributed by atoms with Gasteiger partial charge in [0, 0.05) is 33.6 Å². The van der Waals surface area contributed by atoms with E-state index in [1.165, 1.54) is 26.0 Å². The highest BCUT2D eigenvalue weighted by atomic mass is 35.5. The van der Waals surface area contributed by atoms with Crippen LogP contribution in [0.3, 0.4) is 0 Å². The van der Waals surface area contributed by atoms with Crippen molar-refractivity contribution in [2.75, 3.05) is 21.1 Å². The largest absolute Gasteiger partial charge is 0.419 e.